The Bertz CT molecular complexity index is 203. The molecule has 0 fully saturated rings. The zero-order valence-corrected chi connectivity index (χ0v) is 8.29. The highest BCUT2D eigenvalue weighted by molar-refractivity contribution is 8.93. The molecule has 3 heteroatoms. The van der Waals surface area contributed by atoms with Crippen LogP contribution in [0.15, 0.2) is 24.3 Å². The van der Waals surface area contributed by atoms with Crippen LogP contribution in [0.25, 0.3) is 0 Å². The third-order valence-electron chi connectivity index (χ3n) is 1.37. The lowest BCUT2D eigenvalue weighted by atomic mass is 10.1. The van der Waals surface area contributed by atoms with E-state index in [0.717, 1.165) is 12.0 Å². The molecular formula is C8H14BrNO. The second kappa shape index (κ2) is 6.19. The highest BCUT2D eigenvalue weighted by atomic mass is 79.9. The maximum Gasteiger partial charge on any atom is 0.118 e. The second-order valence-electron chi connectivity index (χ2n) is 1.98. The second-order valence-corrected chi connectivity index (χ2v) is 1.98. The van der Waals surface area contributed by atoms with Gasteiger partial charge in [-0.1, -0.05) is 25.1 Å². The van der Waals surface area contributed by atoms with E-state index in [1.54, 1.807) is 6.07 Å². The summed E-state index contributed by atoms with van der Waals surface area (Å²) in [6, 6.07) is 7.39. The molecule has 0 aliphatic heterocycles. The van der Waals surface area contributed by atoms with Gasteiger partial charge in [-0.15, -0.1) is 17.0 Å². The molecule has 0 saturated heterocycles. The zero-order chi connectivity index (χ0) is 6.69. The molecule has 0 bridgehead atoms. The fourth-order valence-corrected chi connectivity index (χ4v) is 0.810. The molecule has 0 spiro atoms. The van der Waals surface area contributed by atoms with Crippen LogP contribution in [-0.2, 0) is 6.42 Å². The van der Waals surface area contributed by atoms with E-state index in [4.69, 9.17) is 5.11 Å². The smallest absolute Gasteiger partial charge is 0.118 e. The molecule has 0 unspecified atom stereocenters. The molecule has 1 aromatic rings. The largest absolute Gasteiger partial charge is 0.508 e. The van der Waals surface area contributed by atoms with Crippen molar-refractivity contribution in [1.29, 1.82) is 0 Å². The van der Waals surface area contributed by atoms with E-state index in [9.17, 15) is 0 Å². The highest BCUT2D eigenvalue weighted by Gasteiger charge is 1.92. The third kappa shape index (κ3) is 3.39. The number of hydrogen-bond donors (Lipinski definition) is 2. The van der Waals surface area contributed by atoms with Crippen molar-refractivity contribution >= 4 is 17.0 Å². The molecule has 2 nitrogen and oxygen atoms in total. The van der Waals surface area contributed by atoms with Crippen LogP contribution in [-0.4, -0.2) is 5.11 Å². The number of hydrogen-bond acceptors (Lipinski definition) is 2. The quantitative estimate of drug-likeness (QED) is 0.764. The van der Waals surface area contributed by atoms with Crippen molar-refractivity contribution in [3.8, 4) is 5.75 Å². The summed E-state index contributed by atoms with van der Waals surface area (Å²) in [5.41, 5.74) is 1.01. The number of rotatable bonds is 1. The van der Waals surface area contributed by atoms with Gasteiger partial charge in [0.2, 0.25) is 0 Å². The Balaban J connectivity index is 0. The van der Waals surface area contributed by atoms with Crippen LogP contribution >= 0.6 is 17.0 Å². The van der Waals surface area contributed by atoms with E-state index in [1.807, 2.05) is 25.1 Å². The van der Waals surface area contributed by atoms with Crippen molar-refractivity contribution in [3.63, 3.8) is 0 Å². The molecule has 0 radical (unpaired) electrons. The first-order valence-electron chi connectivity index (χ1n) is 3.11. The minimum absolute atomic E-state index is 0. The Morgan fingerprint density at radius 1 is 1.27 bits per heavy atom. The fraction of sp³-hybridized carbons (Fsp3) is 0.250. The Hall–Kier alpha value is -0.540. The van der Waals surface area contributed by atoms with E-state index in [1.165, 1.54) is 0 Å². The number of aromatic hydroxyl groups is 1. The summed E-state index contributed by atoms with van der Waals surface area (Å²) in [4.78, 5) is 0. The van der Waals surface area contributed by atoms with Gasteiger partial charge in [0.25, 0.3) is 0 Å². The first kappa shape index (κ1) is 13.1. The molecule has 0 saturated carbocycles. The molecule has 0 atom stereocenters. The SMILES string of the molecule is Br.CCc1ccccc1O.N. The van der Waals surface area contributed by atoms with Crippen LogP contribution in [0.4, 0.5) is 0 Å². The van der Waals surface area contributed by atoms with Gasteiger partial charge in [0.05, 0.1) is 0 Å². The molecular weight excluding hydrogens is 206 g/mol. The van der Waals surface area contributed by atoms with Gasteiger partial charge in [0, 0.05) is 0 Å². The molecule has 1 rings (SSSR count). The molecule has 0 aliphatic carbocycles. The van der Waals surface area contributed by atoms with Crippen LogP contribution in [0.2, 0.25) is 0 Å². The van der Waals surface area contributed by atoms with E-state index < -0.39 is 0 Å². The average Bonchev–Trinajstić information content (AvgIpc) is 1.89. The third-order valence-corrected chi connectivity index (χ3v) is 1.37. The Kier molecular flexibility index (Phi) is 7.36. The Labute approximate surface area is 77.6 Å². The van der Waals surface area contributed by atoms with Crippen molar-refractivity contribution in [3.05, 3.63) is 29.8 Å². The normalized spacial score (nSPS) is 7.73. The van der Waals surface area contributed by atoms with Gasteiger partial charge in [0.1, 0.15) is 5.75 Å². The highest BCUT2D eigenvalue weighted by Crippen LogP contribution is 2.14. The van der Waals surface area contributed by atoms with Crippen LogP contribution in [0.5, 0.6) is 5.75 Å². The monoisotopic (exact) mass is 219 g/mol. The van der Waals surface area contributed by atoms with Crippen molar-refractivity contribution in [2.24, 2.45) is 0 Å². The number of phenolic OH excluding ortho intramolecular Hbond substituents is 1. The molecule has 0 aromatic heterocycles. The minimum Gasteiger partial charge on any atom is -0.508 e. The Morgan fingerprint density at radius 2 is 1.82 bits per heavy atom. The predicted octanol–water partition coefficient (Wildman–Crippen LogP) is 2.69. The number of aryl methyl sites for hydroxylation is 1. The molecule has 1 aromatic carbocycles. The van der Waals surface area contributed by atoms with Crippen molar-refractivity contribution in [2.45, 2.75) is 13.3 Å². The van der Waals surface area contributed by atoms with Gasteiger partial charge >= 0.3 is 0 Å². The van der Waals surface area contributed by atoms with Crippen molar-refractivity contribution < 1.29 is 5.11 Å². The zero-order valence-electron chi connectivity index (χ0n) is 6.58. The summed E-state index contributed by atoms with van der Waals surface area (Å²) in [7, 11) is 0. The standard InChI is InChI=1S/C8H10O.BrH.H3N/c1-2-7-5-3-4-6-8(7)9;;/h3-6,9H,2H2,1H3;1H;1H3. The molecule has 0 aliphatic rings. The molecule has 11 heavy (non-hydrogen) atoms. The summed E-state index contributed by atoms with van der Waals surface area (Å²) in [5, 5.41) is 9.11. The summed E-state index contributed by atoms with van der Waals surface area (Å²) in [6.45, 7) is 2.02. The lowest BCUT2D eigenvalue weighted by molar-refractivity contribution is 0.469. The maximum atomic E-state index is 9.11. The first-order valence-corrected chi connectivity index (χ1v) is 3.11. The van der Waals surface area contributed by atoms with Crippen LogP contribution < -0.4 is 6.15 Å². The molecule has 64 valence electrons. The summed E-state index contributed by atoms with van der Waals surface area (Å²) >= 11 is 0. The van der Waals surface area contributed by atoms with E-state index in [2.05, 4.69) is 0 Å². The minimum atomic E-state index is 0. The lowest BCUT2D eigenvalue weighted by Crippen LogP contribution is -1.77. The van der Waals surface area contributed by atoms with Crippen molar-refractivity contribution in [1.82, 2.24) is 6.15 Å². The average molecular weight is 220 g/mol. The topological polar surface area (TPSA) is 55.2 Å². The molecule has 0 amide bonds. The van der Waals surface area contributed by atoms with E-state index in [0.29, 0.717) is 5.75 Å². The van der Waals surface area contributed by atoms with Gasteiger partial charge in [-0.05, 0) is 18.1 Å². The van der Waals surface area contributed by atoms with Gasteiger partial charge in [-0.2, -0.15) is 0 Å². The lowest BCUT2D eigenvalue weighted by Gasteiger charge is -1.97. The summed E-state index contributed by atoms with van der Waals surface area (Å²) in [6.07, 6.45) is 0.896. The number of halogens is 1. The molecule has 0 heterocycles. The van der Waals surface area contributed by atoms with E-state index in [-0.39, 0.29) is 23.1 Å². The number of phenols is 1. The van der Waals surface area contributed by atoms with E-state index >= 15 is 0 Å². The van der Waals surface area contributed by atoms with Crippen LogP contribution in [0, 0.1) is 0 Å². The number of para-hydroxylation sites is 1. The number of benzene rings is 1. The Morgan fingerprint density at radius 3 is 2.18 bits per heavy atom. The fourth-order valence-electron chi connectivity index (χ4n) is 0.810. The van der Waals surface area contributed by atoms with Crippen LogP contribution in [0.1, 0.15) is 12.5 Å². The predicted molar refractivity (Wildman–Crippen MR) is 52.8 cm³/mol. The summed E-state index contributed by atoms with van der Waals surface area (Å²) < 4.78 is 0. The van der Waals surface area contributed by atoms with Gasteiger partial charge in [-0.3, -0.25) is 0 Å². The van der Waals surface area contributed by atoms with Gasteiger partial charge in [0.15, 0.2) is 0 Å². The summed E-state index contributed by atoms with van der Waals surface area (Å²) in [5.74, 6) is 0.403. The van der Waals surface area contributed by atoms with Crippen molar-refractivity contribution in [2.75, 3.05) is 0 Å². The van der Waals surface area contributed by atoms with Gasteiger partial charge in [-0.25, -0.2) is 0 Å². The van der Waals surface area contributed by atoms with Crippen LogP contribution in [0.3, 0.4) is 0 Å². The first-order chi connectivity index (χ1) is 4.34. The maximum absolute atomic E-state index is 9.11. The molecule has 4 N–H and O–H groups in total. The van der Waals surface area contributed by atoms with Gasteiger partial charge < -0.3 is 11.3 Å².